The molecule has 2 N–H and O–H groups in total. The first-order chi connectivity index (χ1) is 11.8. The summed E-state index contributed by atoms with van der Waals surface area (Å²) < 4.78 is 0. The summed E-state index contributed by atoms with van der Waals surface area (Å²) in [5.74, 6) is -0.0233. The van der Waals surface area contributed by atoms with E-state index >= 15 is 0 Å². The molecule has 0 saturated heterocycles. The normalized spacial score (nSPS) is 13.3. The average molecular weight is 317 g/mol. The predicted octanol–water partition coefficient (Wildman–Crippen LogP) is 4.21. The first-order valence-corrected chi connectivity index (χ1v) is 8.32. The van der Waals surface area contributed by atoms with E-state index in [1.807, 2.05) is 42.6 Å². The van der Waals surface area contributed by atoms with Crippen LogP contribution in [0.5, 0.6) is 0 Å². The van der Waals surface area contributed by atoms with Gasteiger partial charge in [0.2, 0.25) is 0 Å². The minimum atomic E-state index is -0.0233. The van der Waals surface area contributed by atoms with Gasteiger partial charge in [-0.3, -0.25) is 9.89 Å². The second-order valence-electron chi connectivity index (χ2n) is 6.17. The number of carbonyl (C=O) groups excluding carboxylic acids is 1. The molecule has 0 bridgehead atoms. The summed E-state index contributed by atoms with van der Waals surface area (Å²) in [4.78, 5) is 12.7. The summed E-state index contributed by atoms with van der Waals surface area (Å²) in [6.45, 7) is 0. The first kappa shape index (κ1) is 14.7. The Bertz CT molecular complexity index is 851. The topological polar surface area (TPSA) is 57.8 Å². The Morgan fingerprint density at radius 1 is 1.00 bits per heavy atom. The summed E-state index contributed by atoms with van der Waals surface area (Å²) in [7, 11) is 0. The Balaban J connectivity index is 1.54. The van der Waals surface area contributed by atoms with Gasteiger partial charge in [0.05, 0.1) is 6.20 Å². The summed E-state index contributed by atoms with van der Waals surface area (Å²) in [5, 5.41) is 9.78. The van der Waals surface area contributed by atoms with Gasteiger partial charge in [-0.05, 0) is 60.6 Å². The van der Waals surface area contributed by atoms with Crippen LogP contribution in [0, 0.1) is 0 Å². The third-order valence-corrected chi connectivity index (χ3v) is 4.61. The second-order valence-corrected chi connectivity index (χ2v) is 6.17. The van der Waals surface area contributed by atoms with Gasteiger partial charge in [-0.25, -0.2) is 0 Å². The molecular formula is C20H19N3O. The number of amides is 1. The number of nitrogens with zero attached hydrogens (tertiary/aromatic N) is 1. The highest BCUT2D eigenvalue weighted by atomic mass is 16.1. The van der Waals surface area contributed by atoms with E-state index in [0.717, 1.165) is 41.6 Å². The summed E-state index contributed by atoms with van der Waals surface area (Å²) >= 11 is 0. The highest BCUT2D eigenvalue weighted by Crippen LogP contribution is 2.26. The standard InChI is InChI=1S/C20H19N3O/c24-20(19-7-3-5-15-4-1-2-6-18(15)19)23-17-10-8-14(9-11-17)16-12-21-22-13-16/h3,5,7-13H,1-2,4,6H2,(H,21,22)(H,23,24). The fourth-order valence-electron chi connectivity index (χ4n) is 3.35. The minimum Gasteiger partial charge on any atom is -0.322 e. The van der Waals surface area contributed by atoms with Crippen molar-refractivity contribution in [2.75, 3.05) is 5.32 Å². The van der Waals surface area contributed by atoms with Gasteiger partial charge in [0.1, 0.15) is 0 Å². The summed E-state index contributed by atoms with van der Waals surface area (Å²) in [6.07, 6.45) is 8.09. The van der Waals surface area contributed by atoms with Crippen molar-refractivity contribution in [2.24, 2.45) is 0 Å². The summed E-state index contributed by atoms with van der Waals surface area (Å²) in [5.41, 5.74) is 6.26. The largest absolute Gasteiger partial charge is 0.322 e. The van der Waals surface area contributed by atoms with Gasteiger partial charge < -0.3 is 5.32 Å². The molecule has 1 aliphatic rings. The van der Waals surface area contributed by atoms with E-state index in [4.69, 9.17) is 0 Å². The molecule has 0 atom stereocenters. The zero-order valence-electron chi connectivity index (χ0n) is 13.4. The Labute approximate surface area is 140 Å². The Hall–Kier alpha value is -2.88. The van der Waals surface area contributed by atoms with Crippen LogP contribution in [-0.2, 0) is 12.8 Å². The van der Waals surface area contributed by atoms with E-state index in [1.165, 1.54) is 17.5 Å². The van der Waals surface area contributed by atoms with E-state index in [9.17, 15) is 4.79 Å². The van der Waals surface area contributed by atoms with Crippen LogP contribution in [0.15, 0.2) is 54.9 Å². The van der Waals surface area contributed by atoms with E-state index < -0.39 is 0 Å². The van der Waals surface area contributed by atoms with Crippen molar-refractivity contribution in [2.45, 2.75) is 25.7 Å². The molecule has 0 unspecified atom stereocenters. The van der Waals surface area contributed by atoms with Gasteiger partial charge in [-0.15, -0.1) is 0 Å². The van der Waals surface area contributed by atoms with Crippen molar-refractivity contribution in [1.82, 2.24) is 10.2 Å². The van der Waals surface area contributed by atoms with Crippen LogP contribution in [0.1, 0.15) is 34.3 Å². The van der Waals surface area contributed by atoms with Crippen molar-refractivity contribution < 1.29 is 4.79 Å². The number of H-pyrrole nitrogens is 1. The number of aryl methyl sites for hydroxylation is 1. The number of rotatable bonds is 3. The quantitative estimate of drug-likeness (QED) is 0.760. The van der Waals surface area contributed by atoms with Crippen molar-refractivity contribution in [3.8, 4) is 11.1 Å². The Morgan fingerprint density at radius 3 is 2.62 bits per heavy atom. The maximum atomic E-state index is 12.7. The Morgan fingerprint density at radius 2 is 1.83 bits per heavy atom. The lowest BCUT2D eigenvalue weighted by molar-refractivity contribution is 0.102. The molecule has 0 spiro atoms. The minimum absolute atomic E-state index is 0.0233. The highest BCUT2D eigenvalue weighted by molar-refractivity contribution is 6.05. The number of aromatic amines is 1. The maximum Gasteiger partial charge on any atom is 0.255 e. The molecule has 120 valence electrons. The highest BCUT2D eigenvalue weighted by Gasteiger charge is 2.17. The van der Waals surface area contributed by atoms with Gasteiger partial charge >= 0.3 is 0 Å². The van der Waals surface area contributed by atoms with E-state index in [-0.39, 0.29) is 5.91 Å². The molecule has 4 heteroatoms. The molecule has 24 heavy (non-hydrogen) atoms. The van der Waals surface area contributed by atoms with Crippen molar-refractivity contribution in [3.05, 3.63) is 71.5 Å². The van der Waals surface area contributed by atoms with Crippen molar-refractivity contribution >= 4 is 11.6 Å². The van der Waals surface area contributed by atoms with E-state index in [2.05, 4.69) is 21.6 Å². The number of hydrogen-bond donors (Lipinski definition) is 2. The van der Waals surface area contributed by atoms with Crippen molar-refractivity contribution in [3.63, 3.8) is 0 Å². The number of anilines is 1. The van der Waals surface area contributed by atoms with E-state index in [1.54, 1.807) is 6.20 Å². The smallest absolute Gasteiger partial charge is 0.255 e. The number of benzene rings is 2. The first-order valence-electron chi connectivity index (χ1n) is 8.32. The van der Waals surface area contributed by atoms with Gasteiger partial charge in [0, 0.05) is 23.0 Å². The van der Waals surface area contributed by atoms with Gasteiger partial charge in [0.25, 0.3) is 5.91 Å². The average Bonchev–Trinajstić information content (AvgIpc) is 3.16. The lowest BCUT2D eigenvalue weighted by atomic mass is 9.88. The SMILES string of the molecule is O=C(Nc1ccc(-c2cn[nH]c2)cc1)c1cccc2c1CCCC2. The molecule has 0 fully saturated rings. The number of hydrogen-bond acceptors (Lipinski definition) is 2. The van der Waals surface area contributed by atoms with Crippen molar-refractivity contribution in [1.29, 1.82) is 0 Å². The molecule has 0 radical (unpaired) electrons. The zero-order chi connectivity index (χ0) is 16.4. The molecule has 1 amide bonds. The lowest BCUT2D eigenvalue weighted by Crippen LogP contribution is -2.17. The van der Waals surface area contributed by atoms with Gasteiger partial charge in [-0.2, -0.15) is 5.10 Å². The van der Waals surface area contributed by atoms with Crippen LogP contribution in [-0.4, -0.2) is 16.1 Å². The fraction of sp³-hybridized carbons (Fsp3) is 0.200. The van der Waals surface area contributed by atoms with Crippen LogP contribution in [0.2, 0.25) is 0 Å². The van der Waals surface area contributed by atoms with Gasteiger partial charge in [-0.1, -0.05) is 24.3 Å². The molecule has 4 nitrogen and oxygen atoms in total. The molecule has 0 saturated carbocycles. The number of carbonyl (C=O) groups is 1. The lowest BCUT2D eigenvalue weighted by Gasteiger charge is -2.19. The van der Waals surface area contributed by atoms with Crippen LogP contribution in [0.4, 0.5) is 5.69 Å². The molecule has 1 aromatic heterocycles. The molecule has 3 aromatic rings. The monoisotopic (exact) mass is 317 g/mol. The molecular weight excluding hydrogens is 298 g/mol. The summed E-state index contributed by atoms with van der Waals surface area (Å²) in [6, 6.07) is 13.9. The van der Waals surface area contributed by atoms with Crippen LogP contribution in [0.25, 0.3) is 11.1 Å². The third-order valence-electron chi connectivity index (χ3n) is 4.61. The number of aromatic nitrogens is 2. The molecule has 2 aromatic carbocycles. The maximum absolute atomic E-state index is 12.7. The van der Waals surface area contributed by atoms with Crippen LogP contribution in [0.3, 0.4) is 0 Å². The van der Waals surface area contributed by atoms with Crippen LogP contribution >= 0.6 is 0 Å². The Kier molecular flexibility index (Phi) is 3.87. The van der Waals surface area contributed by atoms with Crippen LogP contribution < -0.4 is 5.32 Å². The molecule has 4 rings (SSSR count). The second kappa shape index (κ2) is 6.32. The predicted molar refractivity (Wildman–Crippen MR) is 95.1 cm³/mol. The molecule has 0 aliphatic heterocycles. The number of nitrogens with one attached hydrogen (secondary N) is 2. The number of fused-ring (bicyclic) bond motifs is 1. The fourth-order valence-corrected chi connectivity index (χ4v) is 3.35. The van der Waals surface area contributed by atoms with Gasteiger partial charge in [0.15, 0.2) is 0 Å². The third kappa shape index (κ3) is 2.83. The van der Waals surface area contributed by atoms with E-state index in [0.29, 0.717) is 0 Å². The molecule has 1 aliphatic carbocycles. The zero-order valence-corrected chi connectivity index (χ0v) is 13.4. The molecule has 1 heterocycles.